The second-order valence-corrected chi connectivity index (χ2v) is 7.92. The summed E-state index contributed by atoms with van der Waals surface area (Å²) in [6.45, 7) is 7.36. The van der Waals surface area contributed by atoms with E-state index in [2.05, 4.69) is 17.1 Å². The lowest BCUT2D eigenvalue weighted by Gasteiger charge is -2.33. The fourth-order valence-electron chi connectivity index (χ4n) is 3.61. The number of rotatable bonds is 2. The van der Waals surface area contributed by atoms with E-state index >= 15 is 0 Å². The Hall–Kier alpha value is -1.73. The molecule has 128 valence electrons. The maximum absolute atomic E-state index is 12.6. The van der Waals surface area contributed by atoms with Crippen molar-refractivity contribution in [2.24, 2.45) is 5.92 Å². The predicted molar refractivity (Wildman–Crippen MR) is 89.1 cm³/mol. The van der Waals surface area contributed by atoms with E-state index in [1.165, 1.54) is 11.1 Å². The molecule has 2 fully saturated rings. The van der Waals surface area contributed by atoms with Gasteiger partial charge in [0.25, 0.3) is 5.91 Å². The number of hydrogen-bond acceptors (Lipinski definition) is 6. The molecule has 7 heteroatoms. The highest BCUT2D eigenvalue weighted by Gasteiger charge is 2.42. The Bertz CT molecular complexity index is 749. The second-order valence-electron chi connectivity index (χ2n) is 6.69. The Morgan fingerprint density at radius 3 is 2.88 bits per heavy atom. The zero-order valence-electron chi connectivity index (χ0n) is 14.1. The van der Waals surface area contributed by atoms with E-state index < -0.39 is 0 Å². The molecule has 0 radical (unpaired) electrons. The molecule has 0 saturated carbocycles. The summed E-state index contributed by atoms with van der Waals surface area (Å²) in [7, 11) is 0. The number of carbonyl (C=O) groups excluding carboxylic acids is 1. The molecule has 2 aliphatic heterocycles. The summed E-state index contributed by atoms with van der Waals surface area (Å²) in [4.78, 5) is 20.5. The number of nitrogens with zero attached hydrogens (tertiary/aromatic N) is 3. The SMILES string of the molecule is Cc1nc([C@H]2C[C@H]3CN(C(=O)c4cnoc4C)CC[C@@H]3O2)sc1C. The van der Waals surface area contributed by atoms with Gasteiger partial charge in [0.15, 0.2) is 0 Å². The zero-order chi connectivity index (χ0) is 16.8. The number of amides is 1. The van der Waals surface area contributed by atoms with Crippen molar-refractivity contribution >= 4 is 17.2 Å². The lowest BCUT2D eigenvalue weighted by molar-refractivity contribution is 0.00217. The Kier molecular flexibility index (Phi) is 3.92. The lowest BCUT2D eigenvalue weighted by Crippen LogP contribution is -2.44. The molecule has 4 rings (SSSR count). The van der Waals surface area contributed by atoms with Crippen molar-refractivity contribution in [2.75, 3.05) is 13.1 Å². The molecular weight excluding hydrogens is 326 g/mol. The Balaban J connectivity index is 1.46. The van der Waals surface area contributed by atoms with Crippen molar-refractivity contribution in [1.82, 2.24) is 15.0 Å². The van der Waals surface area contributed by atoms with Gasteiger partial charge in [-0.1, -0.05) is 5.16 Å². The third-order valence-corrected chi connectivity index (χ3v) is 6.27. The summed E-state index contributed by atoms with van der Waals surface area (Å²) in [6.07, 6.45) is 3.62. The molecule has 0 spiro atoms. The monoisotopic (exact) mass is 347 g/mol. The van der Waals surface area contributed by atoms with Crippen LogP contribution in [0.15, 0.2) is 10.7 Å². The average Bonchev–Trinajstić information content (AvgIpc) is 3.25. The third-order valence-electron chi connectivity index (χ3n) is 5.11. The molecule has 2 aromatic heterocycles. The third kappa shape index (κ3) is 2.65. The van der Waals surface area contributed by atoms with Crippen molar-refractivity contribution in [3.63, 3.8) is 0 Å². The summed E-state index contributed by atoms with van der Waals surface area (Å²) in [5.41, 5.74) is 1.66. The number of likely N-dealkylation sites (tertiary alicyclic amines) is 1. The van der Waals surface area contributed by atoms with Crippen LogP contribution in [0.3, 0.4) is 0 Å². The molecule has 24 heavy (non-hydrogen) atoms. The van der Waals surface area contributed by atoms with Crippen molar-refractivity contribution in [3.05, 3.63) is 33.1 Å². The van der Waals surface area contributed by atoms with Crippen LogP contribution in [-0.2, 0) is 4.74 Å². The van der Waals surface area contributed by atoms with Crippen LogP contribution < -0.4 is 0 Å². The first-order valence-corrected chi connectivity index (χ1v) is 9.14. The summed E-state index contributed by atoms with van der Waals surface area (Å²) < 4.78 is 11.3. The number of fused-ring (bicyclic) bond motifs is 1. The smallest absolute Gasteiger partial charge is 0.259 e. The summed E-state index contributed by atoms with van der Waals surface area (Å²) in [5.74, 6) is 0.963. The van der Waals surface area contributed by atoms with Crippen LogP contribution in [0.5, 0.6) is 0 Å². The van der Waals surface area contributed by atoms with Crippen LogP contribution in [0.2, 0.25) is 0 Å². The van der Waals surface area contributed by atoms with E-state index in [0.717, 1.165) is 30.1 Å². The van der Waals surface area contributed by atoms with Crippen LogP contribution in [0.25, 0.3) is 0 Å². The minimum absolute atomic E-state index is 0.0107. The first-order valence-electron chi connectivity index (χ1n) is 8.33. The van der Waals surface area contributed by atoms with Crippen LogP contribution >= 0.6 is 11.3 Å². The molecule has 4 heterocycles. The Morgan fingerprint density at radius 1 is 1.38 bits per heavy atom. The number of piperidine rings is 1. The van der Waals surface area contributed by atoms with E-state index in [1.807, 2.05) is 11.8 Å². The van der Waals surface area contributed by atoms with Gasteiger partial charge in [0.1, 0.15) is 22.4 Å². The molecule has 0 unspecified atom stereocenters. The summed E-state index contributed by atoms with van der Waals surface area (Å²) in [5, 5.41) is 4.79. The Morgan fingerprint density at radius 2 is 2.21 bits per heavy atom. The zero-order valence-corrected chi connectivity index (χ0v) is 14.9. The highest BCUT2D eigenvalue weighted by atomic mass is 32.1. The largest absolute Gasteiger partial charge is 0.367 e. The van der Waals surface area contributed by atoms with Crippen molar-refractivity contribution in [1.29, 1.82) is 0 Å². The molecule has 2 aromatic rings. The Labute approximate surface area is 144 Å². The van der Waals surface area contributed by atoms with E-state index in [-0.39, 0.29) is 18.1 Å². The molecule has 1 amide bonds. The minimum atomic E-state index is 0.0107. The quantitative estimate of drug-likeness (QED) is 0.835. The number of aromatic nitrogens is 2. The number of ether oxygens (including phenoxy) is 1. The summed E-state index contributed by atoms with van der Waals surface area (Å²) in [6, 6.07) is 0. The van der Waals surface area contributed by atoms with Gasteiger partial charge >= 0.3 is 0 Å². The van der Waals surface area contributed by atoms with Gasteiger partial charge in [-0.15, -0.1) is 11.3 Å². The molecule has 6 nitrogen and oxygen atoms in total. The molecular formula is C17H21N3O3S. The topological polar surface area (TPSA) is 68.5 Å². The van der Waals surface area contributed by atoms with Crippen LogP contribution in [0.4, 0.5) is 0 Å². The van der Waals surface area contributed by atoms with Gasteiger partial charge in [-0.25, -0.2) is 4.98 Å². The first kappa shape index (κ1) is 15.8. The van der Waals surface area contributed by atoms with Gasteiger partial charge in [0, 0.05) is 23.9 Å². The van der Waals surface area contributed by atoms with Gasteiger partial charge < -0.3 is 14.2 Å². The maximum Gasteiger partial charge on any atom is 0.259 e. The molecule has 0 aromatic carbocycles. The number of aryl methyl sites for hydroxylation is 3. The minimum Gasteiger partial charge on any atom is -0.367 e. The fourth-order valence-corrected chi connectivity index (χ4v) is 4.58. The fraction of sp³-hybridized carbons (Fsp3) is 0.588. The normalized spacial score (nSPS) is 26.6. The van der Waals surface area contributed by atoms with Crippen LogP contribution in [-0.4, -0.2) is 40.1 Å². The van der Waals surface area contributed by atoms with Gasteiger partial charge in [-0.2, -0.15) is 0 Å². The maximum atomic E-state index is 12.6. The molecule has 3 atom stereocenters. The molecule has 2 aliphatic rings. The summed E-state index contributed by atoms with van der Waals surface area (Å²) >= 11 is 1.73. The van der Waals surface area contributed by atoms with Crippen LogP contribution in [0.1, 0.15) is 50.6 Å². The second kappa shape index (κ2) is 5.97. The van der Waals surface area contributed by atoms with Gasteiger partial charge in [-0.3, -0.25) is 4.79 Å². The van der Waals surface area contributed by atoms with Crippen molar-refractivity contribution < 1.29 is 14.1 Å². The highest BCUT2D eigenvalue weighted by molar-refractivity contribution is 7.11. The van der Waals surface area contributed by atoms with Gasteiger partial charge in [0.05, 0.1) is 18.0 Å². The predicted octanol–water partition coefficient (Wildman–Crippen LogP) is 3.05. The van der Waals surface area contributed by atoms with Crippen molar-refractivity contribution in [3.8, 4) is 0 Å². The average molecular weight is 347 g/mol. The molecule has 2 saturated heterocycles. The number of hydrogen-bond donors (Lipinski definition) is 0. The van der Waals surface area contributed by atoms with Crippen LogP contribution in [0, 0.1) is 26.7 Å². The highest BCUT2D eigenvalue weighted by Crippen LogP contribution is 2.42. The number of carbonyl (C=O) groups is 1. The van der Waals surface area contributed by atoms with E-state index in [9.17, 15) is 4.79 Å². The first-order chi connectivity index (χ1) is 11.5. The molecule has 0 N–H and O–H groups in total. The van der Waals surface area contributed by atoms with E-state index in [4.69, 9.17) is 9.26 Å². The van der Waals surface area contributed by atoms with E-state index in [0.29, 0.717) is 23.8 Å². The standard InChI is InChI=1S/C17H21N3O3S/c1-9-11(3)24-16(19-9)15-6-12-8-20(5-4-14(12)22-15)17(21)13-7-18-23-10(13)2/h7,12,14-15H,4-6,8H2,1-3H3/t12-,14-,15+/m0/s1. The van der Waals surface area contributed by atoms with Crippen molar-refractivity contribution in [2.45, 2.75) is 45.8 Å². The van der Waals surface area contributed by atoms with Gasteiger partial charge in [0.2, 0.25) is 0 Å². The lowest BCUT2D eigenvalue weighted by atomic mass is 9.92. The van der Waals surface area contributed by atoms with Gasteiger partial charge in [-0.05, 0) is 33.6 Å². The molecule has 0 bridgehead atoms. The number of thiazole rings is 1. The van der Waals surface area contributed by atoms with E-state index in [1.54, 1.807) is 18.3 Å². The molecule has 0 aliphatic carbocycles.